The third-order valence-corrected chi connectivity index (χ3v) is 7.51. The van der Waals surface area contributed by atoms with Crippen LogP contribution in [0.5, 0.6) is 0 Å². The average Bonchev–Trinajstić information content (AvgIpc) is 3.46. The molecule has 1 N–H and O–H groups in total. The summed E-state index contributed by atoms with van der Waals surface area (Å²) in [4.78, 5) is 23.2. The molecule has 0 atom stereocenters. The van der Waals surface area contributed by atoms with Crippen LogP contribution in [0.3, 0.4) is 0 Å². The van der Waals surface area contributed by atoms with Gasteiger partial charge in [-0.05, 0) is 57.2 Å². The summed E-state index contributed by atoms with van der Waals surface area (Å²) in [5.74, 6) is 0.105. The molecule has 2 aliphatic heterocycles. The van der Waals surface area contributed by atoms with E-state index in [9.17, 15) is 4.79 Å². The maximum Gasteiger partial charge on any atom is 0.496 e. The summed E-state index contributed by atoms with van der Waals surface area (Å²) in [7, 11) is -0.441. The largest absolute Gasteiger partial charge is 0.496 e. The van der Waals surface area contributed by atoms with E-state index in [-0.39, 0.29) is 5.91 Å². The number of hydrogen-bond donors (Lipinski definition) is 1. The normalized spacial score (nSPS) is 20.3. The summed E-state index contributed by atoms with van der Waals surface area (Å²) < 4.78 is 12.4. The van der Waals surface area contributed by atoms with Gasteiger partial charge < -0.3 is 19.2 Å². The van der Waals surface area contributed by atoms with E-state index < -0.39 is 18.3 Å². The first-order valence-corrected chi connectivity index (χ1v) is 11.5. The smallest absolute Gasteiger partial charge is 0.399 e. The number of nitrogens with zero attached hydrogens (tertiary/aromatic N) is 2. The number of aromatic nitrogens is 2. The van der Waals surface area contributed by atoms with Gasteiger partial charge in [0, 0.05) is 41.9 Å². The molecule has 0 unspecified atom stereocenters. The molecule has 3 aromatic rings. The van der Waals surface area contributed by atoms with E-state index in [2.05, 4.69) is 49.8 Å². The van der Waals surface area contributed by atoms with Crippen LogP contribution >= 0.6 is 11.3 Å². The third kappa shape index (κ3) is 3.52. The number of fused-ring (bicyclic) bond motifs is 1. The zero-order valence-corrected chi connectivity index (χ0v) is 19.1. The van der Waals surface area contributed by atoms with Crippen molar-refractivity contribution in [2.75, 3.05) is 13.1 Å². The van der Waals surface area contributed by atoms with Crippen molar-refractivity contribution in [3.8, 4) is 0 Å². The van der Waals surface area contributed by atoms with Crippen LogP contribution < -0.4 is 5.46 Å². The molecule has 1 amide bonds. The number of rotatable bonds is 3. The molecule has 0 bridgehead atoms. The first-order valence-electron chi connectivity index (χ1n) is 10.6. The van der Waals surface area contributed by atoms with E-state index in [0.717, 1.165) is 33.4 Å². The van der Waals surface area contributed by atoms with Crippen molar-refractivity contribution >= 4 is 46.4 Å². The van der Waals surface area contributed by atoms with Gasteiger partial charge in [-0.3, -0.25) is 4.79 Å². The van der Waals surface area contributed by atoms with Crippen molar-refractivity contribution in [2.24, 2.45) is 0 Å². The van der Waals surface area contributed by atoms with Crippen LogP contribution in [0.25, 0.3) is 16.6 Å². The van der Waals surface area contributed by atoms with Crippen molar-refractivity contribution in [1.29, 1.82) is 0 Å². The predicted molar refractivity (Wildman–Crippen MR) is 125 cm³/mol. The van der Waals surface area contributed by atoms with Crippen LogP contribution in [-0.4, -0.2) is 52.2 Å². The SMILES string of the molecule is CC1(C)OB(c2cnc3[nH]cc(C4=CCN(C(=O)c5cccs5)CC4)c3c2)OC1(C)C. The van der Waals surface area contributed by atoms with Gasteiger partial charge in [0.15, 0.2) is 0 Å². The van der Waals surface area contributed by atoms with E-state index in [1.54, 1.807) is 0 Å². The van der Waals surface area contributed by atoms with Gasteiger partial charge in [0.2, 0.25) is 0 Å². The van der Waals surface area contributed by atoms with Crippen LogP contribution in [0.15, 0.2) is 42.0 Å². The van der Waals surface area contributed by atoms with Crippen molar-refractivity contribution in [1.82, 2.24) is 14.9 Å². The molecule has 1 saturated heterocycles. The summed E-state index contributed by atoms with van der Waals surface area (Å²) in [6, 6.07) is 5.91. The van der Waals surface area contributed by atoms with Gasteiger partial charge in [0.25, 0.3) is 5.91 Å². The fraction of sp³-hybridized carbons (Fsp3) is 0.391. The molecule has 1 fully saturated rings. The molecule has 5 heterocycles. The van der Waals surface area contributed by atoms with E-state index in [4.69, 9.17) is 9.31 Å². The molecule has 0 saturated carbocycles. The maximum atomic E-state index is 12.6. The number of aromatic amines is 1. The third-order valence-electron chi connectivity index (χ3n) is 6.65. The molecule has 0 aromatic carbocycles. The first kappa shape index (κ1) is 20.5. The van der Waals surface area contributed by atoms with Crippen molar-refractivity contribution in [3.05, 3.63) is 52.5 Å². The first-order chi connectivity index (χ1) is 14.7. The Balaban J connectivity index is 1.40. The lowest BCUT2D eigenvalue weighted by atomic mass is 9.79. The second kappa shape index (κ2) is 7.33. The highest BCUT2D eigenvalue weighted by atomic mass is 32.1. The summed E-state index contributed by atoms with van der Waals surface area (Å²) in [6.45, 7) is 9.53. The Labute approximate surface area is 186 Å². The fourth-order valence-corrected chi connectivity index (χ4v) is 4.74. The average molecular weight is 435 g/mol. The Morgan fingerprint density at radius 1 is 1.26 bits per heavy atom. The zero-order chi connectivity index (χ0) is 21.8. The second-order valence-corrected chi connectivity index (χ2v) is 10.1. The van der Waals surface area contributed by atoms with Crippen LogP contribution in [0.2, 0.25) is 0 Å². The molecular formula is C23H26BN3O3S. The standard InChI is InChI=1S/C23H26BN3O3S/c1-22(2)23(3,4)30-24(29-22)16-12-17-18(14-26-20(17)25-13-16)15-7-9-27(10-8-15)21(28)19-6-5-11-31-19/h5-7,11-14H,8-10H2,1-4H3,(H,25,26). The van der Waals surface area contributed by atoms with Gasteiger partial charge in [0.05, 0.1) is 16.1 Å². The molecule has 0 aliphatic carbocycles. The Hall–Kier alpha value is -2.42. The van der Waals surface area contributed by atoms with Crippen molar-refractivity contribution in [3.63, 3.8) is 0 Å². The molecule has 0 radical (unpaired) electrons. The number of carbonyl (C=O) groups excluding carboxylic acids is 1. The second-order valence-electron chi connectivity index (χ2n) is 9.16. The van der Waals surface area contributed by atoms with Crippen LogP contribution in [0.1, 0.15) is 49.4 Å². The van der Waals surface area contributed by atoms with Crippen LogP contribution in [0, 0.1) is 0 Å². The summed E-state index contributed by atoms with van der Waals surface area (Å²) >= 11 is 1.49. The number of H-pyrrole nitrogens is 1. The molecule has 8 heteroatoms. The van der Waals surface area contributed by atoms with E-state index in [1.165, 1.54) is 16.9 Å². The minimum Gasteiger partial charge on any atom is -0.399 e. The molecule has 5 rings (SSSR count). The van der Waals surface area contributed by atoms with Crippen molar-refractivity contribution in [2.45, 2.75) is 45.3 Å². The summed E-state index contributed by atoms with van der Waals surface area (Å²) in [6.07, 6.45) is 6.79. The lowest BCUT2D eigenvalue weighted by Crippen LogP contribution is -2.41. The Kier molecular flexibility index (Phi) is 4.84. The van der Waals surface area contributed by atoms with Gasteiger partial charge in [-0.2, -0.15) is 0 Å². The number of carbonyl (C=O) groups is 1. The van der Waals surface area contributed by atoms with E-state index in [0.29, 0.717) is 13.1 Å². The van der Waals surface area contributed by atoms with E-state index in [1.807, 2.05) is 34.8 Å². The zero-order valence-electron chi connectivity index (χ0n) is 18.3. The highest BCUT2D eigenvalue weighted by Crippen LogP contribution is 2.37. The molecule has 6 nitrogen and oxygen atoms in total. The Morgan fingerprint density at radius 3 is 2.68 bits per heavy atom. The Morgan fingerprint density at radius 2 is 2.03 bits per heavy atom. The number of thiophene rings is 1. The molecule has 2 aliphatic rings. The molecule has 160 valence electrons. The van der Waals surface area contributed by atoms with Gasteiger partial charge in [-0.25, -0.2) is 4.98 Å². The summed E-state index contributed by atoms with van der Waals surface area (Å²) in [5, 5.41) is 2.99. The highest BCUT2D eigenvalue weighted by Gasteiger charge is 2.51. The highest BCUT2D eigenvalue weighted by molar-refractivity contribution is 7.12. The van der Waals surface area contributed by atoms with E-state index >= 15 is 0 Å². The van der Waals surface area contributed by atoms with Gasteiger partial charge >= 0.3 is 7.12 Å². The molecule has 31 heavy (non-hydrogen) atoms. The monoisotopic (exact) mass is 435 g/mol. The number of hydrogen-bond acceptors (Lipinski definition) is 5. The predicted octanol–water partition coefficient (Wildman–Crippen LogP) is 3.85. The van der Waals surface area contributed by atoms with Gasteiger partial charge in [0.1, 0.15) is 5.65 Å². The minimum absolute atomic E-state index is 0.105. The minimum atomic E-state index is -0.441. The lowest BCUT2D eigenvalue weighted by molar-refractivity contribution is 0.00578. The maximum absolute atomic E-state index is 12.6. The quantitative estimate of drug-likeness (QED) is 0.635. The van der Waals surface area contributed by atoms with Crippen molar-refractivity contribution < 1.29 is 14.1 Å². The molecule has 0 spiro atoms. The van der Waals surface area contributed by atoms with Crippen LogP contribution in [0.4, 0.5) is 0 Å². The van der Waals surface area contributed by atoms with Gasteiger partial charge in [-0.15, -0.1) is 11.3 Å². The van der Waals surface area contributed by atoms with Crippen LogP contribution in [-0.2, 0) is 9.31 Å². The number of pyridine rings is 1. The fourth-order valence-electron chi connectivity index (χ4n) is 4.05. The van der Waals surface area contributed by atoms with Gasteiger partial charge in [-0.1, -0.05) is 12.1 Å². The molecule has 3 aromatic heterocycles. The topological polar surface area (TPSA) is 67.5 Å². The summed E-state index contributed by atoms with van der Waals surface area (Å²) in [5.41, 5.74) is 3.33. The number of nitrogens with one attached hydrogen (secondary N) is 1. The molecular weight excluding hydrogens is 409 g/mol. The number of amides is 1. The Bertz CT molecular complexity index is 1150. The lowest BCUT2D eigenvalue weighted by Gasteiger charge is -2.32.